The Morgan fingerprint density at radius 1 is 1.23 bits per heavy atom. The van der Waals surface area contributed by atoms with E-state index in [-0.39, 0.29) is 5.60 Å². The number of pyridine rings is 1. The molecule has 4 rings (SSSR count). The molecule has 6 nitrogen and oxygen atoms in total. The molecular weight excluding hydrogens is 333 g/mol. The van der Waals surface area contributed by atoms with Gasteiger partial charge in [-0.05, 0) is 44.0 Å². The van der Waals surface area contributed by atoms with Crippen LogP contribution < -0.4 is 4.90 Å². The lowest BCUT2D eigenvalue weighted by molar-refractivity contribution is -0.0159. The summed E-state index contributed by atoms with van der Waals surface area (Å²) in [5.74, 6) is 0.201. The van der Waals surface area contributed by atoms with Gasteiger partial charge in [0.05, 0.1) is 24.6 Å². The number of hydrogen-bond acceptors (Lipinski definition) is 6. The first kappa shape index (κ1) is 17.3. The van der Waals surface area contributed by atoms with E-state index in [9.17, 15) is 4.39 Å². The van der Waals surface area contributed by atoms with Gasteiger partial charge in [0.1, 0.15) is 0 Å². The van der Waals surface area contributed by atoms with Crippen molar-refractivity contribution in [1.29, 1.82) is 0 Å². The topological polar surface area (TPSA) is 54.4 Å². The van der Waals surface area contributed by atoms with Crippen LogP contribution in [0.15, 0.2) is 36.9 Å². The lowest BCUT2D eigenvalue weighted by Crippen LogP contribution is -2.45. The van der Waals surface area contributed by atoms with Gasteiger partial charge in [-0.3, -0.25) is 9.88 Å². The van der Waals surface area contributed by atoms with Crippen LogP contribution in [0.3, 0.4) is 0 Å². The van der Waals surface area contributed by atoms with Crippen LogP contribution in [0.25, 0.3) is 0 Å². The lowest BCUT2D eigenvalue weighted by atomic mass is 9.87. The molecule has 0 aliphatic carbocycles. The molecule has 2 aliphatic heterocycles. The van der Waals surface area contributed by atoms with E-state index in [1.807, 2.05) is 12.4 Å². The van der Waals surface area contributed by atoms with Crippen LogP contribution in [0.5, 0.6) is 0 Å². The quantitative estimate of drug-likeness (QED) is 0.837. The van der Waals surface area contributed by atoms with Crippen LogP contribution in [-0.2, 0) is 11.3 Å². The zero-order valence-corrected chi connectivity index (χ0v) is 15.0. The van der Waals surface area contributed by atoms with Gasteiger partial charge in [0.25, 0.3) is 0 Å². The summed E-state index contributed by atoms with van der Waals surface area (Å²) < 4.78 is 19.3. The van der Waals surface area contributed by atoms with Gasteiger partial charge >= 0.3 is 0 Å². The minimum atomic E-state index is -0.401. The number of aromatic nitrogens is 3. The Balaban J connectivity index is 1.33. The maximum atomic E-state index is 13.0. The second-order valence-electron chi connectivity index (χ2n) is 7.31. The summed E-state index contributed by atoms with van der Waals surface area (Å²) in [6.45, 7) is 3.36. The molecule has 0 unspecified atom stereocenters. The van der Waals surface area contributed by atoms with E-state index in [4.69, 9.17) is 4.74 Å². The number of halogens is 1. The average molecular weight is 357 g/mol. The molecule has 0 aromatic carbocycles. The van der Waals surface area contributed by atoms with Crippen molar-refractivity contribution < 1.29 is 9.13 Å². The van der Waals surface area contributed by atoms with Crippen molar-refractivity contribution >= 4 is 5.95 Å². The number of ether oxygens (including phenoxy) is 1. The molecule has 138 valence electrons. The fraction of sp³-hybridized carbons (Fsp3) is 0.526. The largest absolute Gasteiger partial charge is 0.373 e. The highest BCUT2D eigenvalue weighted by Gasteiger charge is 2.44. The third-order valence-electron chi connectivity index (χ3n) is 5.56. The van der Waals surface area contributed by atoms with Gasteiger partial charge in [0.2, 0.25) is 5.95 Å². The molecule has 2 aromatic rings. The Labute approximate surface area is 153 Å². The molecule has 0 radical (unpaired) electrons. The summed E-state index contributed by atoms with van der Waals surface area (Å²) in [5.41, 5.74) is 1.22. The van der Waals surface area contributed by atoms with Gasteiger partial charge in [-0.1, -0.05) is 0 Å². The zero-order valence-electron chi connectivity index (χ0n) is 15.0. The fourth-order valence-corrected chi connectivity index (χ4v) is 3.94. The van der Waals surface area contributed by atoms with Gasteiger partial charge in [-0.15, -0.1) is 0 Å². The van der Waals surface area contributed by atoms with E-state index in [2.05, 4.69) is 43.9 Å². The Morgan fingerprint density at radius 2 is 1.92 bits per heavy atom. The van der Waals surface area contributed by atoms with E-state index in [1.165, 1.54) is 18.0 Å². The van der Waals surface area contributed by atoms with Gasteiger partial charge in [-0.25, -0.2) is 14.4 Å². The second kappa shape index (κ2) is 7.25. The molecule has 7 heteroatoms. The highest BCUT2D eigenvalue weighted by Crippen LogP contribution is 2.38. The molecule has 0 saturated carbocycles. The summed E-state index contributed by atoms with van der Waals surface area (Å²) in [7, 11) is 2.16. The molecule has 26 heavy (non-hydrogen) atoms. The molecule has 2 saturated heterocycles. The number of hydrogen-bond donors (Lipinski definition) is 0. The van der Waals surface area contributed by atoms with Crippen molar-refractivity contribution in [3.05, 3.63) is 48.3 Å². The number of likely N-dealkylation sites (N-methyl/N-ethyl adjacent to an activating group) is 1. The van der Waals surface area contributed by atoms with Crippen molar-refractivity contribution in [2.75, 3.05) is 31.6 Å². The number of piperidine rings is 1. The predicted octanol–water partition coefficient (Wildman–Crippen LogP) is 2.27. The monoisotopic (exact) mass is 357 g/mol. The smallest absolute Gasteiger partial charge is 0.225 e. The summed E-state index contributed by atoms with van der Waals surface area (Å²) in [6.07, 6.45) is 9.07. The van der Waals surface area contributed by atoms with Crippen LogP contribution in [0.2, 0.25) is 0 Å². The van der Waals surface area contributed by atoms with E-state index in [0.29, 0.717) is 12.0 Å². The van der Waals surface area contributed by atoms with Crippen molar-refractivity contribution in [3.8, 4) is 0 Å². The van der Waals surface area contributed by atoms with Gasteiger partial charge < -0.3 is 9.64 Å². The van der Waals surface area contributed by atoms with Gasteiger partial charge in [0.15, 0.2) is 5.82 Å². The molecule has 2 aromatic heterocycles. The molecule has 0 bridgehead atoms. The van der Waals surface area contributed by atoms with E-state index in [1.54, 1.807) is 0 Å². The SMILES string of the molecule is CN(Cc1ccncc1)[C@@H]1COC2(CCN(c3ncc(F)cn3)CC2)C1. The summed E-state index contributed by atoms with van der Waals surface area (Å²) in [6, 6.07) is 4.55. The minimum absolute atomic E-state index is 0.0479. The average Bonchev–Trinajstić information content (AvgIpc) is 3.08. The Bertz CT molecular complexity index is 718. The van der Waals surface area contributed by atoms with Gasteiger partial charge in [-0.2, -0.15) is 0 Å². The third kappa shape index (κ3) is 3.68. The van der Waals surface area contributed by atoms with Crippen LogP contribution in [0.4, 0.5) is 10.3 Å². The maximum Gasteiger partial charge on any atom is 0.225 e. The van der Waals surface area contributed by atoms with Gasteiger partial charge in [0, 0.05) is 38.1 Å². The molecular formula is C19H24FN5O. The standard InChI is InChI=1S/C19H24FN5O/c1-24(13-15-2-6-21-7-3-15)17-10-19(26-14-17)4-8-25(9-5-19)18-22-11-16(20)12-23-18/h2-3,6-7,11-12,17H,4-5,8-10,13-14H2,1H3/t17-/m0/s1. The van der Waals surface area contributed by atoms with Crippen LogP contribution in [-0.4, -0.2) is 58.2 Å². The molecule has 1 atom stereocenters. The molecule has 1 spiro atoms. The number of anilines is 1. The molecule has 2 aliphatic rings. The second-order valence-corrected chi connectivity index (χ2v) is 7.31. The summed E-state index contributed by atoms with van der Waals surface area (Å²) >= 11 is 0. The Hall–Kier alpha value is -2.12. The molecule has 4 heterocycles. The van der Waals surface area contributed by atoms with Crippen molar-refractivity contribution in [2.45, 2.75) is 37.5 Å². The summed E-state index contributed by atoms with van der Waals surface area (Å²) in [5, 5.41) is 0. The maximum absolute atomic E-state index is 13.0. The normalized spacial score (nSPS) is 22.3. The van der Waals surface area contributed by atoms with Crippen molar-refractivity contribution in [1.82, 2.24) is 19.9 Å². The summed E-state index contributed by atoms with van der Waals surface area (Å²) in [4.78, 5) is 16.7. The Kier molecular flexibility index (Phi) is 4.82. The molecule has 0 N–H and O–H groups in total. The third-order valence-corrected chi connectivity index (χ3v) is 5.56. The van der Waals surface area contributed by atoms with Crippen molar-refractivity contribution in [2.24, 2.45) is 0 Å². The number of nitrogens with zero attached hydrogens (tertiary/aromatic N) is 5. The highest BCUT2D eigenvalue weighted by molar-refractivity contribution is 5.30. The molecule has 0 amide bonds. The highest BCUT2D eigenvalue weighted by atomic mass is 19.1. The fourth-order valence-electron chi connectivity index (χ4n) is 3.94. The van der Waals surface area contributed by atoms with E-state index in [0.717, 1.165) is 45.5 Å². The first-order valence-corrected chi connectivity index (χ1v) is 9.09. The number of rotatable bonds is 4. The minimum Gasteiger partial charge on any atom is -0.373 e. The van der Waals surface area contributed by atoms with E-state index >= 15 is 0 Å². The van der Waals surface area contributed by atoms with Crippen LogP contribution in [0, 0.1) is 5.82 Å². The Morgan fingerprint density at radius 3 is 2.62 bits per heavy atom. The first-order chi connectivity index (χ1) is 12.6. The van der Waals surface area contributed by atoms with E-state index < -0.39 is 5.82 Å². The predicted molar refractivity (Wildman–Crippen MR) is 96.2 cm³/mol. The van der Waals surface area contributed by atoms with Crippen LogP contribution in [0.1, 0.15) is 24.8 Å². The van der Waals surface area contributed by atoms with Crippen molar-refractivity contribution in [3.63, 3.8) is 0 Å². The molecule has 2 fully saturated rings. The lowest BCUT2D eigenvalue weighted by Gasteiger charge is -2.38. The first-order valence-electron chi connectivity index (χ1n) is 9.09. The van der Waals surface area contributed by atoms with Crippen LogP contribution >= 0.6 is 0 Å². The zero-order chi connectivity index (χ0) is 18.0.